The summed E-state index contributed by atoms with van der Waals surface area (Å²) in [6.07, 6.45) is 3.63. The molecule has 1 saturated carbocycles. The van der Waals surface area contributed by atoms with Crippen LogP contribution in [-0.2, 0) is 5.41 Å². The topological polar surface area (TPSA) is 86.9 Å². The number of carbonyl (C=O) groups is 2. The van der Waals surface area contributed by atoms with Gasteiger partial charge in [0.25, 0.3) is 0 Å². The van der Waals surface area contributed by atoms with Gasteiger partial charge >= 0.3 is 12.0 Å². The van der Waals surface area contributed by atoms with Crippen LogP contribution in [0.15, 0.2) is 36.4 Å². The third-order valence-electron chi connectivity index (χ3n) is 6.29. The van der Waals surface area contributed by atoms with Gasteiger partial charge < -0.3 is 15.7 Å². The molecule has 154 valence electrons. The van der Waals surface area contributed by atoms with Gasteiger partial charge in [0.1, 0.15) is 4.88 Å². The number of anilines is 1. The molecule has 1 aliphatic carbocycles. The summed E-state index contributed by atoms with van der Waals surface area (Å²) in [5, 5.41) is 10.5. The zero-order chi connectivity index (χ0) is 20.6. The Kier molecular flexibility index (Phi) is 5.55. The monoisotopic (exact) mass is 433 g/mol. The predicted molar refractivity (Wildman–Crippen MR) is 115 cm³/mol. The molecule has 2 amide bonds. The number of amides is 2. The van der Waals surface area contributed by atoms with E-state index in [-0.39, 0.29) is 22.4 Å². The molecular weight excluding hydrogens is 410 g/mol. The first-order valence-corrected chi connectivity index (χ1v) is 11.0. The molecule has 4 rings (SSSR count). The SMILES string of the molecule is NC[C@]1(c2cccc(Cl)c2)CC[C@H](N2CCN(c3ccc(C(=O)O)s3)C2=O)CC1. The van der Waals surface area contributed by atoms with Gasteiger partial charge in [0, 0.05) is 36.1 Å². The number of rotatable bonds is 5. The lowest BCUT2D eigenvalue weighted by molar-refractivity contribution is 0.0702. The van der Waals surface area contributed by atoms with Gasteiger partial charge in [-0.2, -0.15) is 0 Å². The van der Waals surface area contributed by atoms with Gasteiger partial charge in [-0.05, 0) is 55.5 Å². The number of halogens is 1. The largest absolute Gasteiger partial charge is 0.477 e. The van der Waals surface area contributed by atoms with E-state index in [9.17, 15) is 9.59 Å². The molecule has 1 aromatic heterocycles. The normalized spacial score (nSPS) is 24.9. The van der Waals surface area contributed by atoms with Crippen LogP contribution in [0.2, 0.25) is 5.02 Å². The van der Waals surface area contributed by atoms with Crippen LogP contribution in [0.25, 0.3) is 0 Å². The molecule has 6 nitrogen and oxygen atoms in total. The summed E-state index contributed by atoms with van der Waals surface area (Å²) in [6.45, 7) is 1.81. The van der Waals surface area contributed by atoms with E-state index in [1.54, 1.807) is 17.0 Å². The molecule has 3 N–H and O–H groups in total. The van der Waals surface area contributed by atoms with Crippen molar-refractivity contribution in [2.24, 2.45) is 5.73 Å². The number of benzene rings is 1. The molecule has 1 aliphatic heterocycles. The highest BCUT2D eigenvalue weighted by atomic mass is 35.5. The second kappa shape index (κ2) is 7.97. The number of hydrogen-bond acceptors (Lipinski definition) is 4. The molecule has 2 aliphatic rings. The summed E-state index contributed by atoms with van der Waals surface area (Å²) in [4.78, 5) is 28.0. The summed E-state index contributed by atoms with van der Waals surface area (Å²) in [5.41, 5.74) is 7.28. The van der Waals surface area contributed by atoms with Crippen molar-refractivity contribution < 1.29 is 14.7 Å². The molecule has 0 unspecified atom stereocenters. The van der Waals surface area contributed by atoms with E-state index in [1.807, 2.05) is 23.1 Å². The lowest BCUT2D eigenvalue weighted by Gasteiger charge is -2.42. The van der Waals surface area contributed by atoms with Crippen molar-refractivity contribution in [1.82, 2.24) is 4.90 Å². The molecule has 0 spiro atoms. The lowest BCUT2D eigenvalue weighted by atomic mass is 9.68. The first-order chi connectivity index (χ1) is 13.9. The Morgan fingerprint density at radius 2 is 2.00 bits per heavy atom. The average molecular weight is 434 g/mol. The Balaban J connectivity index is 1.44. The molecule has 2 aromatic rings. The zero-order valence-electron chi connectivity index (χ0n) is 16.0. The first-order valence-electron chi connectivity index (χ1n) is 9.81. The summed E-state index contributed by atoms with van der Waals surface area (Å²) >= 11 is 7.34. The van der Waals surface area contributed by atoms with Gasteiger partial charge in [0.2, 0.25) is 0 Å². The van der Waals surface area contributed by atoms with Crippen LogP contribution in [0.3, 0.4) is 0 Å². The highest BCUT2D eigenvalue weighted by Gasteiger charge is 2.41. The maximum absolute atomic E-state index is 13.0. The van der Waals surface area contributed by atoms with Crippen molar-refractivity contribution in [2.75, 3.05) is 24.5 Å². The number of aromatic carboxylic acids is 1. The smallest absolute Gasteiger partial charge is 0.345 e. The molecule has 2 fully saturated rings. The fourth-order valence-corrected chi connectivity index (χ4v) is 5.64. The summed E-state index contributed by atoms with van der Waals surface area (Å²) < 4.78 is 0. The highest BCUT2D eigenvalue weighted by molar-refractivity contribution is 7.18. The average Bonchev–Trinajstić information content (AvgIpc) is 3.35. The van der Waals surface area contributed by atoms with Crippen molar-refractivity contribution in [3.63, 3.8) is 0 Å². The van der Waals surface area contributed by atoms with Gasteiger partial charge in [-0.3, -0.25) is 4.90 Å². The lowest BCUT2D eigenvalue weighted by Crippen LogP contribution is -2.46. The Bertz CT molecular complexity index is 923. The number of carboxylic acid groups (broad SMARTS) is 1. The number of thiophene rings is 1. The standard InChI is InChI=1S/C21H24ClN3O3S/c22-15-3-1-2-14(12-15)21(13-23)8-6-16(7-9-21)24-10-11-25(20(24)28)18-5-4-17(29-18)19(26)27/h1-5,12,16H,6-11,13,23H2,(H,26,27)/t16-,21-. The van der Waals surface area contributed by atoms with Crippen LogP contribution in [-0.4, -0.2) is 47.7 Å². The van der Waals surface area contributed by atoms with Gasteiger partial charge in [-0.1, -0.05) is 23.7 Å². The van der Waals surface area contributed by atoms with Gasteiger partial charge in [0.05, 0.1) is 5.00 Å². The molecule has 8 heteroatoms. The van der Waals surface area contributed by atoms with Crippen LogP contribution in [0.1, 0.15) is 40.9 Å². The maximum atomic E-state index is 13.0. The van der Waals surface area contributed by atoms with E-state index in [4.69, 9.17) is 22.4 Å². The van der Waals surface area contributed by atoms with E-state index >= 15 is 0 Å². The number of nitrogens with two attached hydrogens (primary N) is 1. The predicted octanol–water partition coefficient (Wildman–Crippen LogP) is 4.18. The number of urea groups is 1. The maximum Gasteiger partial charge on any atom is 0.345 e. The summed E-state index contributed by atoms with van der Waals surface area (Å²) in [7, 11) is 0. The minimum absolute atomic E-state index is 0.0307. The Labute approximate surface area is 178 Å². The third-order valence-corrected chi connectivity index (χ3v) is 7.62. The van der Waals surface area contributed by atoms with E-state index < -0.39 is 5.97 Å². The van der Waals surface area contributed by atoms with Crippen molar-refractivity contribution in [3.05, 3.63) is 51.9 Å². The summed E-state index contributed by atoms with van der Waals surface area (Å²) in [6, 6.07) is 11.4. The molecular formula is C21H24ClN3O3S. The minimum atomic E-state index is -0.962. The summed E-state index contributed by atoms with van der Waals surface area (Å²) in [5.74, 6) is -0.962. The Morgan fingerprint density at radius 3 is 2.62 bits per heavy atom. The van der Waals surface area contributed by atoms with Crippen molar-refractivity contribution in [3.8, 4) is 0 Å². The molecule has 0 bridgehead atoms. The van der Waals surface area contributed by atoms with E-state index in [2.05, 4.69) is 6.07 Å². The van der Waals surface area contributed by atoms with Gasteiger partial charge in [-0.15, -0.1) is 11.3 Å². The third kappa shape index (κ3) is 3.74. The molecule has 1 aromatic carbocycles. The van der Waals surface area contributed by atoms with Crippen LogP contribution in [0, 0.1) is 0 Å². The molecule has 2 heterocycles. The van der Waals surface area contributed by atoms with Crippen molar-refractivity contribution in [1.29, 1.82) is 0 Å². The molecule has 1 saturated heterocycles. The van der Waals surface area contributed by atoms with Crippen LogP contribution in [0.4, 0.5) is 9.80 Å². The fraction of sp³-hybridized carbons (Fsp3) is 0.429. The quantitative estimate of drug-likeness (QED) is 0.740. The van der Waals surface area contributed by atoms with Gasteiger partial charge in [0.15, 0.2) is 0 Å². The first kappa shape index (κ1) is 20.2. The second-order valence-electron chi connectivity index (χ2n) is 7.80. The number of carbonyl (C=O) groups excluding carboxylic acids is 1. The van der Waals surface area contributed by atoms with E-state index in [0.717, 1.165) is 42.0 Å². The highest BCUT2D eigenvalue weighted by Crippen LogP contribution is 2.42. The zero-order valence-corrected chi connectivity index (χ0v) is 17.6. The number of carboxylic acids is 1. The van der Waals surface area contributed by atoms with Crippen LogP contribution < -0.4 is 10.6 Å². The van der Waals surface area contributed by atoms with Crippen molar-refractivity contribution >= 4 is 39.9 Å². The fourth-order valence-electron chi connectivity index (χ4n) is 4.58. The van der Waals surface area contributed by atoms with Gasteiger partial charge in [-0.25, -0.2) is 9.59 Å². The molecule has 0 atom stereocenters. The molecule has 0 radical (unpaired) electrons. The minimum Gasteiger partial charge on any atom is -0.477 e. The van der Waals surface area contributed by atoms with Crippen LogP contribution in [0.5, 0.6) is 0 Å². The number of nitrogens with zero attached hydrogens (tertiary/aromatic N) is 2. The van der Waals surface area contributed by atoms with E-state index in [0.29, 0.717) is 24.6 Å². The Morgan fingerprint density at radius 1 is 1.24 bits per heavy atom. The number of hydrogen-bond donors (Lipinski definition) is 2. The van der Waals surface area contributed by atoms with Crippen molar-refractivity contribution in [2.45, 2.75) is 37.1 Å². The van der Waals surface area contributed by atoms with Crippen LogP contribution >= 0.6 is 22.9 Å². The molecule has 29 heavy (non-hydrogen) atoms. The Hall–Kier alpha value is -2.09. The second-order valence-corrected chi connectivity index (χ2v) is 9.30. The van der Waals surface area contributed by atoms with E-state index in [1.165, 1.54) is 5.56 Å².